The van der Waals surface area contributed by atoms with Crippen molar-refractivity contribution < 1.29 is 27.9 Å². The van der Waals surface area contributed by atoms with Crippen molar-refractivity contribution in [2.75, 3.05) is 26.7 Å². The Morgan fingerprint density at radius 1 is 1.46 bits per heavy atom. The Morgan fingerprint density at radius 2 is 2.17 bits per heavy atom. The zero-order valence-corrected chi connectivity index (χ0v) is 14.1. The molecule has 1 aliphatic heterocycles. The van der Waals surface area contributed by atoms with Crippen molar-refractivity contribution in [3.05, 3.63) is 24.5 Å². The summed E-state index contributed by atoms with van der Waals surface area (Å²) in [5.74, 6) is -1.64. The van der Waals surface area contributed by atoms with E-state index < -0.39 is 40.7 Å². The predicted molar refractivity (Wildman–Crippen MR) is 82.6 cm³/mol. The van der Waals surface area contributed by atoms with Gasteiger partial charge in [-0.25, -0.2) is 13.2 Å². The molecule has 1 aromatic heterocycles. The Morgan fingerprint density at radius 3 is 2.75 bits per heavy atom. The molecule has 2 rings (SSSR count). The molecule has 1 fully saturated rings. The number of carbonyl (C=O) groups excluding carboxylic acids is 1. The maximum Gasteiger partial charge on any atom is 0.334 e. The van der Waals surface area contributed by atoms with E-state index in [4.69, 9.17) is 9.84 Å². The molecule has 0 spiro atoms. The molecule has 2 heterocycles. The van der Waals surface area contributed by atoms with Crippen LogP contribution in [0.4, 0.5) is 0 Å². The number of carboxylic acids is 1. The predicted octanol–water partition coefficient (Wildman–Crippen LogP) is -0.597. The molecule has 1 amide bonds. The Bertz CT molecular complexity index is 708. The highest BCUT2D eigenvalue weighted by Crippen LogP contribution is 2.15. The largest absolute Gasteiger partial charge is 0.479 e. The maximum absolute atomic E-state index is 12.4. The molecule has 0 aliphatic carbocycles. The van der Waals surface area contributed by atoms with Gasteiger partial charge in [-0.15, -0.1) is 0 Å². The fourth-order valence-electron chi connectivity index (χ4n) is 2.35. The minimum absolute atomic E-state index is 0.0148. The molecule has 10 heteroatoms. The second kappa shape index (κ2) is 7.24. The zero-order valence-electron chi connectivity index (χ0n) is 13.3. The average molecular weight is 357 g/mol. The van der Waals surface area contributed by atoms with Crippen LogP contribution in [-0.2, 0) is 24.3 Å². The van der Waals surface area contributed by atoms with E-state index in [2.05, 4.69) is 4.98 Å². The first-order chi connectivity index (χ1) is 11.2. The lowest BCUT2D eigenvalue weighted by Crippen LogP contribution is -2.53. The van der Waals surface area contributed by atoms with Gasteiger partial charge >= 0.3 is 5.97 Å². The van der Waals surface area contributed by atoms with Crippen LogP contribution >= 0.6 is 0 Å². The number of sulfonamides is 1. The minimum atomic E-state index is -3.84. The summed E-state index contributed by atoms with van der Waals surface area (Å²) in [6.07, 6.45) is 1.10. The normalized spacial score (nSPS) is 21.7. The molecule has 9 nitrogen and oxygen atoms in total. The van der Waals surface area contributed by atoms with Gasteiger partial charge in [-0.2, -0.15) is 4.31 Å². The van der Waals surface area contributed by atoms with Crippen LogP contribution in [-0.4, -0.2) is 78.5 Å². The number of aromatic nitrogens is 1. The monoisotopic (exact) mass is 357 g/mol. The van der Waals surface area contributed by atoms with Gasteiger partial charge in [0.25, 0.3) is 0 Å². The Labute approximate surface area is 139 Å². The van der Waals surface area contributed by atoms with Crippen LogP contribution in [0.1, 0.15) is 6.92 Å². The Balaban J connectivity index is 2.07. The number of aliphatic carboxylic acids is 1. The highest BCUT2D eigenvalue weighted by atomic mass is 32.2. The summed E-state index contributed by atoms with van der Waals surface area (Å²) < 4.78 is 30.9. The van der Waals surface area contributed by atoms with Crippen molar-refractivity contribution in [3.63, 3.8) is 0 Å². The van der Waals surface area contributed by atoms with E-state index in [1.807, 2.05) is 0 Å². The minimum Gasteiger partial charge on any atom is -0.479 e. The number of carbonyl (C=O) groups is 2. The van der Waals surface area contributed by atoms with Crippen molar-refractivity contribution in [1.82, 2.24) is 14.2 Å². The van der Waals surface area contributed by atoms with Crippen LogP contribution in [0.25, 0.3) is 0 Å². The fraction of sp³-hybridized carbons (Fsp3) is 0.500. The first kappa shape index (κ1) is 18.3. The molecule has 1 unspecified atom stereocenters. The molecule has 0 aromatic carbocycles. The number of hydrogen-bond acceptors (Lipinski definition) is 6. The van der Waals surface area contributed by atoms with Gasteiger partial charge in [-0.3, -0.25) is 9.78 Å². The molecule has 0 saturated carbocycles. The van der Waals surface area contributed by atoms with Crippen LogP contribution in [0, 0.1) is 0 Å². The second-order valence-electron chi connectivity index (χ2n) is 5.52. The Hall–Kier alpha value is -2.04. The van der Waals surface area contributed by atoms with Gasteiger partial charge in [0.05, 0.1) is 19.2 Å². The van der Waals surface area contributed by atoms with Crippen molar-refractivity contribution in [2.24, 2.45) is 0 Å². The third-order valence-electron chi connectivity index (χ3n) is 3.59. The fourth-order valence-corrected chi connectivity index (χ4v) is 3.43. The van der Waals surface area contributed by atoms with Crippen molar-refractivity contribution in [1.29, 1.82) is 0 Å². The summed E-state index contributed by atoms with van der Waals surface area (Å²) in [6.45, 7) is 1.37. The number of likely N-dealkylation sites (N-methyl/N-ethyl adjacent to an activating group) is 1. The molecule has 2 atom stereocenters. The van der Waals surface area contributed by atoms with Crippen LogP contribution in [0.15, 0.2) is 29.4 Å². The van der Waals surface area contributed by atoms with Crippen LogP contribution < -0.4 is 0 Å². The van der Waals surface area contributed by atoms with E-state index in [1.54, 1.807) is 6.92 Å². The molecular weight excluding hydrogens is 338 g/mol. The average Bonchev–Trinajstić information content (AvgIpc) is 2.54. The Kier molecular flexibility index (Phi) is 5.52. The van der Waals surface area contributed by atoms with Crippen molar-refractivity contribution >= 4 is 21.9 Å². The molecule has 1 saturated heterocycles. The smallest absolute Gasteiger partial charge is 0.334 e. The maximum atomic E-state index is 12.4. The van der Waals surface area contributed by atoms with Gasteiger partial charge in [0.2, 0.25) is 15.9 Å². The van der Waals surface area contributed by atoms with E-state index in [-0.39, 0.29) is 18.0 Å². The number of ether oxygens (including phenoxy) is 1. The van der Waals surface area contributed by atoms with Gasteiger partial charge in [0.1, 0.15) is 4.90 Å². The SMILES string of the molecule is C[C@@H]1CN(C(=O)CN(C)S(=O)(=O)c2cccnc2)CC(C(=O)O)O1. The molecule has 1 aromatic rings. The number of carboxylic acid groups (broad SMARTS) is 1. The highest BCUT2D eigenvalue weighted by molar-refractivity contribution is 7.89. The summed E-state index contributed by atoms with van der Waals surface area (Å²) in [6, 6.07) is 2.88. The lowest BCUT2D eigenvalue weighted by molar-refractivity contribution is -0.166. The summed E-state index contributed by atoms with van der Waals surface area (Å²) in [5, 5.41) is 9.04. The molecule has 1 aliphatic rings. The van der Waals surface area contributed by atoms with E-state index in [9.17, 15) is 18.0 Å². The summed E-state index contributed by atoms with van der Waals surface area (Å²) in [5.41, 5.74) is 0. The number of amides is 1. The molecule has 0 radical (unpaired) electrons. The van der Waals surface area contributed by atoms with Gasteiger partial charge in [0.15, 0.2) is 6.10 Å². The lowest BCUT2D eigenvalue weighted by Gasteiger charge is -2.35. The van der Waals surface area contributed by atoms with E-state index in [1.165, 1.54) is 36.5 Å². The third kappa shape index (κ3) is 4.08. The second-order valence-corrected chi connectivity index (χ2v) is 7.57. The van der Waals surface area contributed by atoms with Gasteiger partial charge < -0.3 is 14.7 Å². The van der Waals surface area contributed by atoms with E-state index >= 15 is 0 Å². The van der Waals surface area contributed by atoms with E-state index in [0.29, 0.717) is 0 Å². The summed E-state index contributed by atoms with van der Waals surface area (Å²) >= 11 is 0. The van der Waals surface area contributed by atoms with Crippen molar-refractivity contribution in [3.8, 4) is 0 Å². The quantitative estimate of drug-likeness (QED) is 0.748. The molecule has 1 N–H and O–H groups in total. The molecule has 0 bridgehead atoms. The zero-order chi connectivity index (χ0) is 17.9. The molecular formula is C14H19N3O6S. The number of pyridine rings is 1. The lowest BCUT2D eigenvalue weighted by atomic mass is 10.2. The molecule has 132 valence electrons. The topological polar surface area (TPSA) is 117 Å². The summed E-state index contributed by atoms with van der Waals surface area (Å²) in [4.78, 5) is 28.5. The molecule has 24 heavy (non-hydrogen) atoms. The standard InChI is InChI=1S/C14H19N3O6S/c1-10-7-17(8-12(23-10)14(19)20)13(18)9-16(2)24(21,22)11-4-3-5-15-6-11/h3-6,10,12H,7-9H2,1-2H3,(H,19,20)/t10-,12?/m1/s1. The van der Waals surface area contributed by atoms with E-state index in [0.717, 1.165) is 4.31 Å². The third-order valence-corrected chi connectivity index (χ3v) is 5.38. The number of nitrogens with zero attached hydrogens (tertiary/aromatic N) is 3. The van der Waals surface area contributed by atoms with Gasteiger partial charge in [-0.1, -0.05) is 0 Å². The van der Waals surface area contributed by atoms with Crippen LogP contribution in [0.2, 0.25) is 0 Å². The first-order valence-corrected chi connectivity index (χ1v) is 8.68. The highest BCUT2D eigenvalue weighted by Gasteiger charge is 2.34. The van der Waals surface area contributed by atoms with Gasteiger partial charge in [-0.05, 0) is 19.1 Å². The number of rotatable bonds is 5. The first-order valence-electron chi connectivity index (χ1n) is 7.24. The van der Waals surface area contributed by atoms with Gasteiger partial charge in [0, 0.05) is 26.0 Å². The summed E-state index contributed by atoms with van der Waals surface area (Å²) in [7, 11) is -2.55. The van der Waals surface area contributed by atoms with Crippen LogP contribution in [0.3, 0.4) is 0 Å². The number of morpholine rings is 1. The van der Waals surface area contributed by atoms with Crippen LogP contribution in [0.5, 0.6) is 0 Å². The number of hydrogen-bond donors (Lipinski definition) is 1. The van der Waals surface area contributed by atoms with Crippen molar-refractivity contribution in [2.45, 2.75) is 24.0 Å².